The Bertz CT molecular complexity index is 1110. The minimum atomic E-state index is -0.642. The van der Waals surface area contributed by atoms with Gasteiger partial charge in [-0.05, 0) is 59.9 Å². The summed E-state index contributed by atoms with van der Waals surface area (Å²) in [5.74, 6) is 1.60. The number of carbonyl (C=O) groups is 1. The van der Waals surface area contributed by atoms with Crippen molar-refractivity contribution in [1.29, 1.82) is 0 Å². The SMILES string of the molecule is CCCCCCCCc1cnc(-c2ccc(-c3ccc(OC(=O)C(Cl)C(C)CCCC(C)C)cc3)cc2)nc1. The van der Waals surface area contributed by atoms with E-state index in [0.717, 1.165) is 48.2 Å². The van der Waals surface area contributed by atoms with E-state index in [4.69, 9.17) is 16.3 Å². The van der Waals surface area contributed by atoms with Crippen LogP contribution in [-0.4, -0.2) is 21.3 Å². The maximum Gasteiger partial charge on any atom is 0.329 e. The monoisotopic (exact) mass is 548 g/mol. The summed E-state index contributed by atoms with van der Waals surface area (Å²) in [6.45, 7) is 8.68. The van der Waals surface area contributed by atoms with E-state index in [2.05, 4.69) is 42.9 Å². The lowest BCUT2D eigenvalue weighted by atomic mass is 9.97. The fourth-order valence-corrected chi connectivity index (χ4v) is 4.84. The maximum absolute atomic E-state index is 12.5. The predicted molar refractivity (Wildman–Crippen MR) is 163 cm³/mol. The van der Waals surface area contributed by atoms with Crippen molar-refractivity contribution in [3.05, 3.63) is 66.5 Å². The highest BCUT2D eigenvalue weighted by molar-refractivity contribution is 6.30. The van der Waals surface area contributed by atoms with E-state index in [1.54, 1.807) is 0 Å². The van der Waals surface area contributed by atoms with Crippen LogP contribution in [0.1, 0.15) is 91.0 Å². The molecule has 1 aromatic heterocycles. The standard InChI is InChI=1S/C34H45ClN2O2/c1-5-6-7-8-9-10-14-27-23-36-33(37-24-27)30-17-15-28(16-18-30)29-19-21-31(22-20-29)39-34(38)32(35)26(4)13-11-12-25(2)3/h15-26,32H,5-14H2,1-4H3. The third kappa shape index (κ3) is 10.4. The molecule has 0 aliphatic carbocycles. The Balaban J connectivity index is 1.50. The second-order valence-corrected chi connectivity index (χ2v) is 11.6. The zero-order valence-corrected chi connectivity index (χ0v) is 24.9. The van der Waals surface area contributed by atoms with Gasteiger partial charge in [-0.15, -0.1) is 11.6 Å². The maximum atomic E-state index is 12.5. The molecule has 0 aliphatic rings. The van der Waals surface area contributed by atoms with Crippen molar-refractivity contribution in [3.63, 3.8) is 0 Å². The molecule has 0 fully saturated rings. The lowest BCUT2D eigenvalue weighted by Crippen LogP contribution is -2.27. The van der Waals surface area contributed by atoms with Crippen LogP contribution >= 0.6 is 11.6 Å². The molecule has 2 aromatic carbocycles. The molecule has 0 N–H and O–H groups in total. The second-order valence-electron chi connectivity index (χ2n) is 11.2. The number of alkyl halides is 1. The summed E-state index contributed by atoms with van der Waals surface area (Å²) >= 11 is 6.41. The summed E-state index contributed by atoms with van der Waals surface area (Å²) in [7, 11) is 0. The lowest BCUT2D eigenvalue weighted by molar-refractivity contribution is -0.134. The van der Waals surface area contributed by atoms with Gasteiger partial charge in [0.1, 0.15) is 11.1 Å². The van der Waals surface area contributed by atoms with Crippen LogP contribution in [0.2, 0.25) is 0 Å². The Hall–Kier alpha value is -2.72. The van der Waals surface area contributed by atoms with Gasteiger partial charge in [0.25, 0.3) is 0 Å². The molecule has 0 radical (unpaired) electrons. The van der Waals surface area contributed by atoms with Gasteiger partial charge in [-0.25, -0.2) is 9.97 Å². The highest BCUT2D eigenvalue weighted by Gasteiger charge is 2.24. The fraction of sp³-hybridized carbons (Fsp3) is 0.500. The summed E-state index contributed by atoms with van der Waals surface area (Å²) in [4.78, 5) is 21.7. The molecule has 39 heavy (non-hydrogen) atoms. The number of esters is 1. The molecule has 3 rings (SSSR count). The first-order valence-electron chi connectivity index (χ1n) is 14.7. The zero-order chi connectivity index (χ0) is 28.0. The van der Waals surface area contributed by atoms with Crippen molar-refractivity contribution in [3.8, 4) is 28.3 Å². The molecule has 0 saturated heterocycles. The minimum absolute atomic E-state index is 0.0798. The first-order chi connectivity index (χ1) is 18.9. The number of aryl methyl sites for hydroxylation is 1. The van der Waals surface area contributed by atoms with Crippen LogP contribution in [0.4, 0.5) is 0 Å². The van der Waals surface area contributed by atoms with Gasteiger partial charge in [0.05, 0.1) is 0 Å². The van der Waals surface area contributed by atoms with E-state index in [0.29, 0.717) is 11.7 Å². The highest BCUT2D eigenvalue weighted by Crippen LogP contribution is 2.26. The molecule has 0 aliphatic heterocycles. The number of rotatable bonds is 16. The topological polar surface area (TPSA) is 52.1 Å². The van der Waals surface area contributed by atoms with Crippen LogP contribution in [0.25, 0.3) is 22.5 Å². The van der Waals surface area contributed by atoms with Crippen molar-refractivity contribution in [2.75, 3.05) is 0 Å². The average molecular weight is 549 g/mol. The third-order valence-corrected chi connectivity index (χ3v) is 7.85. The van der Waals surface area contributed by atoms with Gasteiger partial charge in [-0.1, -0.05) is 109 Å². The Labute approximate surface area is 240 Å². The third-order valence-electron chi connectivity index (χ3n) is 7.24. The largest absolute Gasteiger partial charge is 0.425 e. The molecular weight excluding hydrogens is 504 g/mol. The molecular formula is C34H45ClN2O2. The number of benzene rings is 2. The van der Waals surface area contributed by atoms with Crippen LogP contribution in [0.15, 0.2) is 60.9 Å². The molecule has 210 valence electrons. The van der Waals surface area contributed by atoms with Crippen molar-refractivity contribution >= 4 is 17.6 Å². The predicted octanol–water partition coefficient (Wildman–Crippen LogP) is 9.69. The van der Waals surface area contributed by atoms with Gasteiger partial charge in [-0.3, -0.25) is 4.79 Å². The van der Waals surface area contributed by atoms with Crippen molar-refractivity contribution in [2.45, 2.75) is 97.3 Å². The summed E-state index contributed by atoms with van der Waals surface area (Å²) < 4.78 is 5.56. The molecule has 2 atom stereocenters. The smallest absolute Gasteiger partial charge is 0.329 e. The van der Waals surface area contributed by atoms with Gasteiger partial charge < -0.3 is 4.74 Å². The molecule has 2 unspecified atom stereocenters. The number of aromatic nitrogens is 2. The Morgan fingerprint density at radius 2 is 1.33 bits per heavy atom. The number of halogens is 1. The van der Waals surface area contributed by atoms with Gasteiger partial charge in [0.2, 0.25) is 0 Å². The molecule has 4 nitrogen and oxygen atoms in total. The highest BCUT2D eigenvalue weighted by atomic mass is 35.5. The molecule has 0 bridgehead atoms. The molecule has 1 heterocycles. The van der Waals surface area contributed by atoms with E-state index >= 15 is 0 Å². The normalized spacial score (nSPS) is 12.9. The van der Waals surface area contributed by atoms with Gasteiger partial charge in [-0.2, -0.15) is 0 Å². The van der Waals surface area contributed by atoms with Crippen LogP contribution in [-0.2, 0) is 11.2 Å². The van der Waals surface area contributed by atoms with E-state index in [9.17, 15) is 4.79 Å². The quantitative estimate of drug-likeness (QED) is 0.0773. The number of hydrogen-bond acceptors (Lipinski definition) is 4. The van der Waals surface area contributed by atoms with Gasteiger partial charge >= 0.3 is 5.97 Å². The number of ether oxygens (including phenoxy) is 1. The summed E-state index contributed by atoms with van der Waals surface area (Å²) in [6, 6.07) is 15.8. The minimum Gasteiger partial charge on any atom is -0.425 e. The van der Waals surface area contributed by atoms with Crippen LogP contribution in [0, 0.1) is 11.8 Å². The summed E-state index contributed by atoms with van der Waals surface area (Å²) in [6.07, 6.45) is 15.8. The molecule has 0 spiro atoms. The number of nitrogens with zero attached hydrogens (tertiary/aromatic N) is 2. The number of carbonyl (C=O) groups excluding carboxylic acids is 1. The van der Waals surface area contributed by atoms with Gasteiger partial charge in [0, 0.05) is 18.0 Å². The second kappa shape index (κ2) is 16.4. The molecule has 0 amide bonds. The fourth-order valence-electron chi connectivity index (χ4n) is 4.67. The van der Waals surface area contributed by atoms with Crippen LogP contribution < -0.4 is 4.74 Å². The zero-order valence-electron chi connectivity index (χ0n) is 24.2. The Morgan fingerprint density at radius 3 is 1.95 bits per heavy atom. The van der Waals surface area contributed by atoms with Crippen LogP contribution in [0.5, 0.6) is 5.75 Å². The lowest BCUT2D eigenvalue weighted by Gasteiger charge is -2.17. The first kappa shape index (κ1) is 30.8. The molecule has 5 heteroatoms. The number of unbranched alkanes of at least 4 members (excludes halogenated alkanes) is 5. The van der Waals surface area contributed by atoms with Crippen molar-refractivity contribution < 1.29 is 9.53 Å². The summed E-state index contributed by atoms with van der Waals surface area (Å²) in [5, 5.41) is -0.642. The molecule has 0 saturated carbocycles. The van der Waals surface area contributed by atoms with Crippen molar-refractivity contribution in [1.82, 2.24) is 9.97 Å². The first-order valence-corrected chi connectivity index (χ1v) is 15.2. The average Bonchev–Trinajstić information content (AvgIpc) is 2.95. The van der Waals surface area contributed by atoms with Crippen LogP contribution in [0.3, 0.4) is 0 Å². The molecule has 3 aromatic rings. The Morgan fingerprint density at radius 1 is 0.769 bits per heavy atom. The Kier molecular flexibility index (Phi) is 13.0. The van der Waals surface area contributed by atoms with Gasteiger partial charge in [0.15, 0.2) is 5.82 Å². The van der Waals surface area contributed by atoms with E-state index in [1.807, 2.05) is 55.7 Å². The summed E-state index contributed by atoms with van der Waals surface area (Å²) in [5.41, 5.74) is 4.31. The van der Waals surface area contributed by atoms with Crippen molar-refractivity contribution in [2.24, 2.45) is 11.8 Å². The van der Waals surface area contributed by atoms with E-state index in [1.165, 1.54) is 44.1 Å². The van der Waals surface area contributed by atoms with E-state index < -0.39 is 5.38 Å². The van der Waals surface area contributed by atoms with E-state index in [-0.39, 0.29) is 11.9 Å². The number of hydrogen-bond donors (Lipinski definition) is 0.